The average molecular weight is 276 g/mol. The Balaban J connectivity index is 3.12. The van der Waals surface area contributed by atoms with Crippen LogP contribution in [0.4, 0.5) is 0 Å². The Morgan fingerprint density at radius 1 is 1.45 bits per heavy atom. The fraction of sp³-hybridized carbons (Fsp3) is 0.111. The molecule has 0 radical (unpaired) electrons. The Morgan fingerprint density at radius 2 is 2.18 bits per heavy atom. The maximum atomic E-state index is 3.71. The number of hydrogen-bond donors (Lipinski definition) is 0. The molecule has 0 unspecified atom stereocenters. The molecule has 0 aromatic heterocycles. The van der Waals surface area contributed by atoms with Crippen LogP contribution in [0.25, 0.3) is 6.08 Å². The summed E-state index contributed by atoms with van der Waals surface area (Å²) in [7, 11) is 0. The van der Waals surface area contributed by atoms with E-state index in [4.69, 9.17) is 0 Å². The predicted octanol–water partition coefficient (Wildman–Crippen LogP) is 3.99. The second kappa shape index (κ2) is 4.07. The van der Waals surface area contributed by atoms with Crippen LogP contribution in [0.3, 0.4) is 0 Å². The quantitative estimate of drug-likeness (QED) is 0.716. The second-order valence-electron chi connectivity index (χ2n) is 2.19. The molecule has 0 saturated carbocycles. The van der Waals surface area contributed by atoms with Crippen molar-refractivity contribution in [3.63, 3.8) is 0 Å². The molecule has 0 aliphatic heterocycles. The molecule has 0 bridgehead atoms. The highest BCUT2D eigenvalue weighted by Gasteiger charge is 1.96. The highest BCUT2D eigenvalue weighted by Crippen LogP contribution is 2.20. The van der Waals surface area contributed by atoms with Gasteiger partial charge in [0, 0.05) is 9.80 Å². The van der Waals surface area contributed by atoms with E-state index in [2.05, 4.69) is 44.5 Å². The lowest BCUT2D eigenvalue weighted by Crippen LogP contribution is -1.81. The van der Waals surface area contributed by atoms with Gasteiger partial charge in [-0.15, -0.1) is 0 Å². The third-order valence-electron chi connectivity index (χ3n) is 1.45. The number of benzene rings is 1. The minimum Gasteiger partial charge on any atom is -0.0985 e. The third-order valence-corrected chi connectivity index (χ3v) is 2.83. The smallest absolute Gasteiger partial charge is 0.0294 e. The van der Waals surface area contributed by atoms with Gasteiger partial charge in [-0.25, -0.2) is 0 Å². The van der Waals surface area contributed by atoms with Crippen LogP contribution < -0.4 is 0 Å². The van der Waals surface area contributed by atoms with Crippen molar-refractivity contribution in [2.75, 3.05) is 0 Å². The maximum absolute atomic E-state index is 3.71. The van der Waals surface area contributed by atoms with E-state index in [1.54, 1.807) is 0 Å². The molecule has 1 aromatic rings. The summed E-state index contributed by atoms with van der Waals surface area (Å²) in [5.41, 5.74) is 2.41. The van der Waals surface area contributed by atoms with Gasteiger partial charge in [0.15, 0.2) is 0 Å². The van der Waals surface area contributed by atoms with Crippen molar-refractivity contribution < 1.29 is 0 Å². The first-order valence-electron chi connectivity index (χ1n) is 3.24. The summed E-state index contributed by atoms with van der Waals surface area (Å²) < 4.78 is 1.14. The Labute approximate surface area is 83.6 Å². The number of rotatable bonds is 2. The third kappa shape index (κ3) is 2.17. The van der Waals surface area contributed by atoms with Crippen molar-refractivity contribution in [1.29, 1.82) is 0 Å². The van der Waals surface area contributed by atoms with Crippen LogP contribution in [0, 0.1) is 0 Å². The van der Waals surface area contributed by atoms with Gasteiger partial charge < -0.3 is 0 Å². The van der Waals surface area contributed by atoms with E-state index in [0.29, 0.717) is 0 Å². The summed E-state index contributed by atoms with van der Waals surface area (Å²) in [6, 6.07) is 6.17. The minimum atomic E-state index is 0.870. The highest BCUT2D eigenvalue weighted by atomic mass is 79.9. The molecule has 0 heterocycles. The molecular formula is C9H8Br2. The molecule has 11 heavy (non-hydrogen) atoms. The van der Waals surface area contributed by atoms with Gasteiger partial charge in [0.2, 0.25) is 0 Å². The monoisotopic (exact) mass is 274 g/mol. The summed E-state index contributed by atoms with van der Waals surface area (Å²) in [6.07, 6.45) is 1.85. The summed E-state index contributed by atoms with van der Waals surface area (Å²) in [5.74, 6) is 0. The molecule has 58 valence electrons. The van der Waals surface area contributed by atoms with E-state index in [-0.39, 0.29) is 0 Å². The largest absolute Gasteiger partial charge is 0.0985 e. The van der Waals surface area contributed by atoms with Crippen LogP contribution in [-0.2, 0) is 5.33 Å². The summed E-state index contributed by atoms with van der Waals surface area (Å²) in [4.78, 5) is 0. The lowest BCUT2D eigenvalue weighted by atomic mass is 10.1. The predicted molar refractivity (Wildman–Crippen MR) is 56.9 cm³/mol. The number of hydrogen-bond acceptors (Lipinski definition) is 0. The van der Waals surface area contributed by atoms with Crippen LogP contribution in [0.1, 0.15) is 11.1 Å². The van der Waals surface area contributed by atoms with Crippen LogP contribution in [0.15, 0.2) is 29.3 Å². The molecule has 0 spiro atoms. The standard InChI is InChI=1S/C9H8Br2/c1-2-7-3-4-9(11)8(5-7)6-10/h2-5H,1,6H2. The fourth-order valence-corrected chi connectivity index (χ4v) is 2.05. The average Bonchev–Trinajstić information content (AvgIpc) is 2.05. The highest BCUT2D eigenvalue weighted by molar-refractivity contribution is 9.10. The first-order chi connectivity index (χ1) is 5.27. The van der Waals surface area contributed by atoms with Crippen molar-refractivity contribution in [2.24, 2.45) is 0 Å². The molecule has 0 atom stereocenters. The lowest BCUT2D eigenvalue weighted by molar-refractivity contribution is 1.39. The molecule has 0 saturated heterocycles. The molecule has 1 aromatic carbocycles. The Bertz CT molecular complexity index is 266. The zero-order chi connectivity index (χ0) is 8.27. The second-order valence-corrected chi connectivity index (χ2v) is 3.60. The first-order valence-corrected chi connectivity index (χ1v) is 5.16. The number of halogens is 2. The maximum Gasteiger partial charge on any atom is 0.0294 e. The summed E-state index contributed by atoms with van der Waals surface area (Å²) in [5, 5.41) is 0.870. The van der Waals surface area contributed by atoms with E-state index in [1.165, 1.54) is 5.56 Å². The van der Waals surface area contributed by atoms with Crippen LogP contribution >= 0.6 is 31.9 Å². The van der Waals surface area contributed by atoms with E-state index in [0.717, 1.165) is 15.4 Å². The first kappa shape index (κ1) is 9.01. The van der Waals surface area contributed by atoms with Gasteiger partial charge in [-0.3, -0.25) is 0 Å². The fourth-order valence-electron chi connectivity index (χ4n) is 0.824. The van der Waals surface area contributed by atoms with Gasteiger partial charge in [0.1, 0.15) is 0 Å². The molecule has 0 N–H and O–H groups in total. The van der Waals surface area contributed by atoms with Gasteiger partial charge in [0.05, 0.1) is 0 Å². The Hall–Kier alpha value is -0.0800. The number of alkyl halides is 1. The van der Waals surface area contributed by atoms with Crippen molar-refractivity contribution in [2.45, 2.75) is 5.33 Å². The van der Waals surface area contributed by atoms with Gasteiger partial charge >= 0.3 is 0 Å². The molecule has 0 amide bonds. The molecule has 0 fully saturated rings. The molecule has 1 rings (SSSR count). The molecule has 0 aliphatic carbocycles. The van der Waals surface area contributed by atoms with E-state index in [9.17, 15) is 0 Å². The molecule has 2 heteroatoms. The summed E-state index contributed by atoms with van der Waals surface area (Å²) in [6.45, 7) is 3.71. The van der Waals surface area contributed by atoms with E-state index >= 15 is 0 Å². The van der Waals surface area contributed by atoms with Gasteiger partial charge in [-0.2, -0.15) is 0 Å². The Kier molecular flexibility index (Phi) is 3.34. The normalized spacial score (nSPS) is 9.64. The zero-order valence-electron chi connectivity index (χ0n) is 5.98. The van der Waals surface area contributed by atoms with Gasteiger partial charge in [-0.05, 0) is 23.3 Å². The topological polar surface area (TPSA) is 0 Å². The Morgan fingerprint density at radius 3 is 2.73 bits per heavy atom. The van der Waals surface area contributed by atoms with Crippen molar-refractivity contribution in [1.82, 2.24) is 0 Å². The lowest BCUT2D eigenvalue weighted by Gasteiger charge is -2.00. The van der Waals surface area contributed by atoms with E-state index < -0.39 is 0 Å². The van der Waals surface area contributed by atoms with E-state index in [1.807, 2.05) is 18.2 Å². The van der Waals surface area contributed by atoms with Gasteiger partial charge in [-0.1, -0.05) is 50.6 Å². The molecule has 0 aliphatic rings. The van der Waals surface area contributed by atoms with Crippen LogP contribution in [0.2, 0.25) is 0 Å². The van der Waals surface area contributed by atoms with Crippen LogP contribution in [-0.4, -0.2) is 0 Å². The molecular weight excluding hydrogens is 268 g/mol. The van der Waals surface area contributed by atoms with Crippen molar-refractivity contribution >= 4 is 37.9 Å². The molecule has 0 nitrogen and oxygen atoms in total. The SMILES string of the molecule is C=Cc1ccc(Br)c(CBr)c1. The minimum absolute atomic E-state index is 0.870. The van der Waals surface area contributed by atoms with Crippen LogP contribution in [0.5, 0.6) is 0 Å². The summed E-state index contributed by atoms with van der Waals surface area (Å²) >= 11 is 6.86. The zero-order valence-corrected chi connectivity index (χ0v) is 9.15. The van der Waals surface area contributed by atoms with Crippen molar-refractivity contribution in [3.8, 4) is 0 Å². The van der Waals surface area contributed by atoms with Crippen molar-refractivity contribution in [3.05, 3.63) is 40.4 Å². The van der Waals surface area contributed by atoms with Gasteiger partial charge in [0.25, 0.3) is 0 Å².